The molecule has 0 saturated heterocycles. The van der Waals surface area contributed by atoms with Gasteiger partial charge in [-0.1, -0.05) is 24.3 Å². The third-order valence-corrected chi connectivity index (χ3v) is 4.77. The molecule has 30 heavy (non-hydrogen) atoms. The molecule has 8 nitrogen and oxygen atoms in total. The molecule has 0 aliphatic heterocycles. The summed E-state index contributed by atoms with van der Waals surface area (Å²) in [5.41, 5.74) is 3.97. The maximum atomic E-state index is 11.2. The van der Waals surface area contributed by atoms with Crippen molar-refractivity contribution in [3.8, 4) is 0 Å². The first-order chi connectivity index (χ1) is 14.6. The molecule has 0 spiro atoms. The number of anilines is 1. The Morgan fingerprint density at radius 2 is 1.90 bits per heavy atom. The summed E-state index contributed by atoms with van der Waals surface area (Å²) in [6.07, 6.45) is 0.472. The van der Waals surface area contributed by atoms with Gasteiger partial charge in [-0.2, -0.15) is 0 Å². The van der Waals surface area contributed by atoms with E-state index in [2.05, 4.69) is 41.3 Å². The molecule has 0 aliphatic carbocycles. The van der Waals surface area contributed by atoms with Crippen molar-refractivity contribution in [2.45, 2.75) is 26.4 Å². The second-order valence-electron chi connectivity index (χ2n) is 6.82. The summed E-state index contributed by atoms with van der Waals surface area (Å²) in [7, 11) is 3.09. The number of rotatable bonds is 7. The molecular formula is C22H28N6O2. The number of hydrogen-bond acceptors (Lipinski definition) is 4. The number of nitrogens with zero attached hydrogens (tertiary/aromatic N) is 3. The maximum absolute atomic E-state index is 11.2. The van der Waals surface area contributed by atoms with Gasteiger partial charge in [0.1, 0.15) is 5.82 Å². The van der Waals surface area contributed by atoms with Crippen molar-refractivity contribution in [1.82, 2.24) is 20.2 Å². The number of guanidine groups is 1. The molecule has 0 atom stereocenters. The minimum Gasteiger partial charge on any atom is -0.453 e. The Morgan fingerprint density at radius 1 is 1.13 bits per heavy atom. The number of aromatic nitrogens is 2. The van der Waals surface area contributed by atoms with Gasteiger partial charge in [0, 0.05) is 32.4 Å². The molecule has 1 aromatic heterocycles. The monoisotopic (exact) mass is 408 g/mol. The number of aryl methyl sites for hydroxylation is 2. The van der Waals surface area contributed by atoms with Crippen molar-refractivity contribution >= 4 is 28.8 Å². The number of amides is 1. The molecule has 0 radical (unpaired) electrons. The maximum Gasteiger partial charge on any atom is 0.411 e. The van der Waals surface area contributed by atoms with Gasteiger partial charge >= 0.3 is 6.09 Å². The third-order valence-electron chi connectivity index (χ3n) is 4.77. The predicted octanol–water partition coefficient (Wildman–Crippen LogP) is 3.28. The zero-order valence-electron chi connectivity index (χ0n) is 17.6. The van der Waals surface area contributed by atoms with Crippen molar-refractivity contribution in [3.63, 3.8) is 0 Å². The molecular weight excluding hydrogens is 380 g/mol. The standard InChI is InChI=1S/C22H28N6O2/c1-16-26-19-7-4-5-8-20(19)28(16)14-6-13-24-21(23-2)25-15-17-9-11-18(12-10-17)27-22(29)30-3/h4-5,7-12H,6,13-15H2,1-3H3,(H,27,29)(H2,23,24,25). The first kappa shape index (κ1) is 21.2. The van der Waals surface area contributed by atoms with Gasteiger partial charge in [-0.05, 0) is 43.2 Å². The van der Waals surface area contributed by atoms with Gasteiger partial charge in [-0.3, -0.25) is 10.3 Å². The van der Waals surface area contributed by atoms with E-state index in [1.807, 2.05) is 49.4 Å². The van der Waals surface area contributed by atoms with Gasteiger partial charge in [0.25, 0.3) is 0 Å². The van der Waals surface area contributed by atoms with Crippen LogP contribution in [0.5, 0.6) is 0 Å². The summed E-state index contributed by atoms with van der Waals surface area (Å²) < 4.78 is 6.83. The Labute approximate surface area is 176 Å². The summed E-state index contributed by atoms with van der Waals surface area (Å²) in [5.74, 6) is 1.78. The zero-order chi connectivity index (χ0) is 21.3. The van der Waals surface area contributed by atoms with Crippen molar-refractivity contribution in [3.05, 3.63) is 59.9 Å². The number of nitrogens with one attached hydrogen (secondary N) is 3. The molecule has 3 rings (SSSR count). The number of hydrogen-bond donors (Lipinski definition) is 3. The second kappa shape index (κ2) is 10.3. The third kappa shape index (κ3) is 5.50. The Kier molecular flexibility index (Phi) is 7.26. The number of methoxy groups -OCH3 is 1. The molecule has 0 unspecified atom stereocenters. The number of ether oxygens (including phenoxy) is 1. The van der Waals surface area contributed by atoms with Crippen LogP contribution < -0.4 is 16.0 Å². The Morgan fingerprint density at radius 3 is 2.63 bits per heavy atom. The minimum absolute atomic E-state index is 0.482. The molecule has 0 bridgehead atoms. The van der Waals surface area contributed by atoms with Crippen LogP contribution in [0.3, 0.4) is 0 Å². The van der Waals surface area contributed by atoms with E-state index in [4.69, 9.17) is 0 Å². The van der Waals surface area contributed by atoms with Crippen molar-refractivity contribution < 1.29 is 9.53 Å². The van der Waals surface area contributed by atoms with Crippen LogP contribution in [0.15, 0.2) is 53.5 Å². The summed E-state index contributed by atoms with van der Waals surface area (Å²) in [6.45, 7) is 4.36. The first-order valence-electron chi connectivity index (χ1n) is 9.91. The highest BCUT2D eigenvalue weighted by molar-refractivity contribution is 5.84. The van der Waals surface area contributed by atoms with E-state index in [9.17, 15) is 4.79 Å². The number of carbonyl (C=O) groups is 1. The number of carbonyl (C=O) groups excluding carboxylic acids is 1. The SMILES string of the molecule is CN=C(NCCCn1c(C)nc2ccccc21)NCc1ccc(NC(=O)OC)cc1. The predicted molar refractivity (Wildman–Crippen MR) is 120 cm³/mol. The van der Waals surface area contributed by atoms with E-state index in [0.717, 1.165) is 42.4 Å². The molecule has 3 aromatic rings. The topological polar surface area (TPSA) is 92.6 Å². The molecule has 1 amide bonds. The van der Waals surface area contributed by atoms with Crippen LogP contribution in [0.25, 0.3) is 11.0 Å². The van der Waals surface area contributed by atoms with Gasteiger partial charge in [0.15, 0.2) is 5.96 Å². The smallest absolute Gasteiger partial charge is 0.411 e. The van der Waals surface area contributed by atoms with E-state index < -0.39 is 6.09 Å². The van der Waals surface area contributed by atoms with E-state index in [1.165, 1.54) is 12.6 Å². The largest absolute Gasteiger partial charge is 0.453 e. The van der Waals surface area contributed by atoms with Crippen LogP contribution in [0, 0.1) is 6.92 Å². The van der Waals surface area contributed by atoms with Gasteiger partial charge in [0.05, 0.1) is 18.1 Å². The van der Waals surface area contributed by atoms with Crippen LogP contribution in [-0.2, 0) is 17.8 Å². The van der Waals surface area contributed by atoms with Crippen LogP contribution in [-0.4, -0.2) is 42.3 Å². The highest BCUT2D eigenvalue weighted by Crippen LogP contribution is 2.15. The summed E-state index contributed by atoms with van der Waals surface area (Å²) in [6, 6.07) is 15.8. The van der Waals surface area contributed by atoms with Crippen molar-refractivity contribution in [2.75, 3.05) is 26.0 Å². The van der Waals surface area contributed by atoms with Crippen LogP contribution in [0.1, 0.15) is 17.8 Å². The lowest BCUT2D eigenvalue weighted by Gasteiger charge is -2.13. The quantitative estimate of drug-likeness (QED) is 0.317. The van der Waals surface area contributed by atoms with Crippen LogP contribution in [0.2, 0.25) is 0 Å². The number of aliphatic imine (C=N–C) groups is 1. The Balaban J connectivity index is 1.44. The fourth-order valence-corrected chi connectivity index (χ4v) is 3.20. The molecule has 0 aliphatic rings. The van der Waals surface area contributed by atoms with Gasteiger partial charge in [-0.25, -0.2) is 9.78 Å². The van der Waals surface area contributed by atoms with E-state index in [0.29, 0.717) is 12.2 Å². The Bertz CT molecular complexity index is 1010. The lowest BCUT2D eigenvalue weighted by Crippen LogP contribution is -2.37. The van der Waals surface area contributed by atoms with Crippen molar-refractivity contribution in [1.29, 1.82) is 0 Å². The average molecular weight is 409 g/mol. The molecule has 1 heterocycles. The lowest BCUT2D eigenvalue weighted by molar-refractivity contribution is 0.187. The fraction of sp³-hybridized carbons (Fsp3) is 0.318. The second-order valence-corrected chi connectivity index (χ2v) is 6.82. The van der Waals surface area contributed by atoms with Gasteiger partial charge < -0.3 is 19.9 Å². The summed E-state index contributed by atoms with van der Waals surface area (Å²) in [5, 5.41) is 9.28. The van der Waals surface area contributed by atoms with Crippen LogP contribution in [0.4, 0.5) is 10.5 Å². The number of imidazole rings is 1. The average Bonchev–Trinajstić information content (AvgIpc) is 3.09. The highest BCUT2D eigenvalue weighted by Gasteiger charge is 2.06. The molecule has 3 N–H and O–H groups in total. The number of para-hydroxylation sites is 2. The fourth-order valence-electron chi connectivity index (χ4n) is 3.20. The molecule has 8 heteroatoms. The minimum atomic E-state index is -0.482. The molecule has 2 aromatic carbocycles. The summed E-state index contributed by atoms with van der Waals surface area (Å²) >= 11 is 0. The molecule has 0 fully saturated rings. The zero-order valence-corrected chi connectivity index (χ0v) is 17.6. The normalized spacial score (nSPS) is 11.4. The van der Waals surface area contributed by atoms with E-state index >= 15 is 0 Å². The van der Waals surface area contributed by atoms with Crippen LogP contribution >= 0.6 is 0 Å². The Hall–Kier alpha value is -3.55. The van der Waals surface area contributed by atoms with Gasteiger partial charge in [0.2, 0.25) is 0 Å². The molecule has 158 valence electrons. The first-order valence-corrected chi connectivity index (χ1v) is 9.91. The summed E-state index contributed by atoms with van der Waals surface area (Å²) in [4.78, 5) is 20.1. The number of fused-ring (bicyclic) bond motifs is 1. The highest BCUT2D eigenvalue weighted by atomic mass is 16.5. The lowest BCUT2D eigenvalue weighted by atomic mass is 10.2. The number of benzene rings is 2. The van der Waals surface area contributed by atoms with Gasteiger partial charge in [-0.15, -0.1) is 0 Å². The molecule has 0 saturated carbocycles. The van der Waals surface area contributed by atoms with E-state index in [1.54, 1.807) is 7.05 Å². The van der Waals surface area contributed by atoms with E-state index in [-0.39, 0.29) is 0 Å². The van der Waals surface area contributed by atoms with Crippen molar-refractivity contribution in [2.24, 2.45) is 4.99 Å².